The lowest BCUT2D eigenvalue weighted by atomic mass is 9.78. The Morgan fingerprint density at radius 3 is 2.40 bits per heavy atom. The first-order valence-corrected chi connectivity index (χ1v) is 8.13. The molecule has 0 heterocycles. The van der Waals surface area contributed by atoms with Gasteiger partial charge in [0.05, 0.1) is 17.0 Å². The van der Waals surface area contributed by atoms with Gasteiger partial charge in [0.15, 0.2) is 0 Å². The Labute approximate surface area is 127 Å². The molecule has 0 atom stereocenters. The third kappa shape index (κ3) is 5.02. The van der Waals surface area contributed by atoms with Crippen molar-refractivity contribution in [3.05, 3.63) is 0 Å². The van der Waals surface area contributed by atoms with Crippen LogP contribution in [0.5, 0.6) is 0 Å². The highest BCUT2D eigenvalue weighted by atomic mass is 32.1. The summed E-state index contributed by atoms with van der Waals surface area (Å²) in [7, 11) is 0. The zero-order valence-electron chi connectivity index (χ0n) is 12.7. The standard InChI is InChI=1S/C15H28N2O2S/c1-3-7-15(8-4-2,13(16)20)14(18)17-9-10-19-11-12-5-6-12/h12H,3-11H2,1-2H3,(H2,16,20)(H,17,18). The Balaban J connectivity index is 2.41. The zero-order chi connectivity index (χ0) is 15.0. The highest BCUT2D eigenvalue weighted by molar-refractivity contribution is 7.80. The van der Waals surface area contributed by atoms with Crippen LogP contribution in [0.15, 0.2) is 0 Å². The fourth-order valence-corrected chi connectivity index (χ4v) is 2.80. The summed E-state index contributed by atoms with van der Waals surface area (Å²) in [5.74, 6) is 0.713. The number of thiocarbonyl (C=S) groups is 1. The van der Waals surface area contributed by atoms with Crippen molar-refractivity contribution < 1.29 is 9.53 Å². The van der Waals surface area contributed by atoms with Crippen LogP contribution in [0.4, 0.5) is 0 Å². The molecule has 0 spiro atoms. The van der Waals surface area contributed by atoms with Gasteiger partial charge in [0.2, 0.25) is 5.91 Å². The second-order valence-corrected chi connectivity index (χ2v) is 6.16. The van der Waals surface area contributed by atoms with Crippen LogP contribution in [0, 0.1) is 11.3 Å². The molecule has 20 heavy (non-hydrogen) atoms. The molecule has 0 saturated heterocycles. The molecule has 0 aromatic carbocycles. The SMILES string of the molecule is CCCC(CCC)(C(=O)NCCOCC1CC1)C(N)=S. The van der Waals surface area contributed by atoms with Gasteiger partial charge in [-0.15, -0.1) is 0 Å². The lowest BCUT2D eigenvalue weighted by Crippen LogP contribution is -2.49. The molecule has 0 bridgehead atoms. The van der Waals surface area contributed by atoms with Crippen molar-refractivity contribution in [2.75, 3.05) is 19.8 Å². The monoisotopic (exact) mass is 300 g/mol. The zero-order valence-corrected chi connectivity index (χ0v) is 13.6. The number of rotatable bonds is 11. The van der Waals surface area contributed by atoms with E-state index in [0.717, 1.165) is 25.4 Å². The second-order valence-electron chi connectivity index (χ2n) is 5.72. The summed E-state index contributed by atoms with van der Waals surface area (Å²) in [6, 6.07) is 0. The molecule has 1 aliphatic rings. The van der Waals surface area contributed by atoms with Crippen molar-refractivity contribution in [3.8, 4) is 0 Å². The maximum absolute atomic E-state index is 12.5. The van der Waals surface area contributed by atoms with E-state index in [0.29, 0.717) is 31.0 Å². The average molecular weight is 300 g/mol. The minimum Gasteiger partial charge on any atom is -0.392 e. The van der Waals surface area contributed by atoms with Crippen LogP contribution < -0.4 is 11.1 Å². The maximum atomic E-state index is 12.5. The number of hydrogen-bond donors (Lipinski definition) is 2. The maximum Gasteiger partial charge on any atom is 0.233 e. The van der Waals surface area contributed by atoms with E-state index >= 15 is 0 Å². The first-order chi connectivity index (χ1) is 9.56. The first-order valence-electron chi connectivity index (χ1n) is 7.72. The summed E-state index contributed by atoms with van der Waals surface area (Å²) in [6.45, 7) is 6.01. The van der Waals surface area contributed by atoms with Crippen molar-refractivity contribution in [2.45, 2.75) is 52.4 Å². The molecular weight excluding hydrogens is 272 g/mol. The van der Waals surface area contributed by atoms with Gasteiger partial charge in [-0.05, 0) is 31.6 Å². The summed E-state index contributed by atoms with van der Waals surface area (Å²) in [4.78, 5) is 12.8. The van der Waals surface area contributed by atoms with Crippen LogP contribution in [0.25, 0.3) is 0 Å². The van der Waals surface area contributed by atoms with Crippen molar-refractivity contribution >= 4 is 23.1 Å². The lowest BCUT2D eigenvalue weighted by Gasteiger charge is -2.31. The Kier molecular flexibility index (Phi) is 7.45. The predicted molar refractivity (Wildman–Crippen MR) is 85.6 cm³/mol. The number of carbonyl (C=O) groups excluding carboxylic acids is 1. The molecule has 0 radical (unpaired) electrons. The van der Waals surface area contributed by atoms with E-state index in [2.05, 4.69) is 19.2 Å². The minimum atomic E-state index is -0.685. The molecule has 0 aliphatic heterocycles. The van der Waals surface area contributed by atoms with Gasteiger partial charge in [-0.2, -0.15) is 0 Å². The van der Waals surface area contributed by atoms with Gasteiger partial charge in [0.1, 0.15) is 0 Å². The predicted octanol–water partition coefficient (Wildman–Crippen LogP) is 2.40. The third-order valence-corrected chi connectivity index (χ3v) is 4.23. The quantitative estimate of drug-likeness (QED) is 0.454. The van der Waals surface area contributed by atoms with Crippen molar-refractivity contribution in [2.24, 2.45) is 17.1 Å². The smallest absolute Gasteiger partial charge is 0.233 e. The second kappa shape index (κ2) is 8.57. The van der Waals surface area contributed by atoms with Gasteiger partial charge in [-0.25, -0.2) is 0 Å². The molecule has 0 aromatic heterocycles. The van der Waals surface area contributed by atoms with Crippen molar-refractivity contribution in [1.29, 1.82) is 0 Å². The van der Waals surface area contributed by atoms with Gasteiger partial charge in [-0.3, -0.25) is 4.79 Å². The molecule has 1 amide bonds. The number of hydrogen-bond acceptors (Lipinski definition) is 3. The van der Waals surface area contributed by atoms with Crippen LogP contribution in [-0.4, -0.2) is 30.7 Å². The third-order valence-electron chi connectivity index (χ3n) is 3.84. The van der Waals surface area contributed by atoms with E-state index in [-0.39, 0.29) is 5.91 Å². The molecule has 0 aromatic rings. The topological polar surface area (TPSA) is 64.3 Å². The molecule has 4 nitrogen and oxygen atoms in total. The number of amides is 1. The molecule has 3 N–H and O–H groups in total. The molecular formula is C15H28N2O2S. The van der Waals surface area contributed by atoms with Crippen LogP contribution in [0.2, 0.25) is 0 Å². The molecule has 1 fully saturated rings. The number of nitrogens with two attached hydrogens (primary N) is 1. The molecule has 5 heteroatoms. The summed E-state index contributed by atoms with van der Waals surface area (Å²) >= 11 is 5.17. The summed E-state index contributed by atoms with van der Waals surface area (Å²) in [5.41, 5.74) is 5.18. The fourth-order valence-electron chi connectivity index (χ4n) is 2.50. The van der Waals surface area contributed by atoms with E-state index in [1.165, 1.54) is 12.8 Å². The summed E-state index contributed by atoms with van der Waals surface area (Å²) in [6.07, 6.45) is 5.77. The lowest BCUT2D eigenvalue weighted by molar-refractivity contribution is -0.128. The fraction of sp³-hybridized carbons (Fsp3) is 0.867. The largest absolute Gasteiger partial charge is 0.392 e. The minimum absolute atomic E-state index is 0.0382. The van der Waals surface area contributed by atoms with Crippen molar-refractivity contribution in [3.63, 3.8) is 0 Å². The van der Waals surface area contributed by atoms with Crippen LogP contribution >= 0.6 is 12.2 Å². The van der Waals surface area contributed by atoms with E-state index in [4.69, 9.17) is 22.7 Å². The molecule has 1 saturated carbocycles. The van der Waals surface area contributed by atoms with E-state index in [1.807, 2.05) is 0 Å². The van der Waals surface area contributed by atoms with Crippen molar-refractivity contribution in [1.82, 2.24) is 5.32 Å². The van der Waals surface area contributed by atoms with E-state index < -0.39 is 5.41 Å². The average Bonchev–Trinajstić information content (AvgIpc) is 3.21. The molecule has 1 aliphatic carbocycles. The normalized spacial score (nSPS) is 15.1. The molecule has 0 unspecified atom stereocenters. The Morgan fingerprint density at radius 2 is 1.95 bits per heavy atom. The van der Waals surface area contributed by atoms with Crippen LogP contribution in [0.1, 0.15) is 52.4 Å². The van der Waals surface area contributed by atoms with Gasteiger partial charge >= 0.3 is 0 Å². The molecule has 116 valence electrons. The Morgan fingerprint density at radius 1 is 1.35 bits per heavy atom. The van der Waals surface area contributed by atoms with Gasteiger partial charge < -0.3 is 15.8 Å². The Bertz CT molecular complexity index is 324. The summed E-state index contributed by atoms with van der Waals surface area (Å²) in [5, 5.41) is 2.94. The first kappa shape index (κ1) is 17.4. The van der Waals surface area contributed by atoms with E-state index in [1.54, 1.807) is 0 Å². The highest BCUT2D eigenvalue weighted by Gasteiger charge is 2.39. The number of nitrogens with one attached hydrogen (secondary N) is 1. The van der Waals surface area contributed by atoms with Crippen LogP contribution in [-0.2, 0) is 9.53 Å². The molecule has 1 rings (SSSR count). The van der Waals surface area contributed by atoms with E-state index in [9.17, 15) is 4.79 Å². The van der Waals surface area contributed by atoms with Gasteiger partial charge in [0, 0.05) is 13.2 Å². The van der Waals surface area contributed by atoms with Gasteiger partial charge in [0.25, 0.3) is 0 Å². The number of ether oxygens (including phenoxy) is 1. The summed E-state index contributed by atoms with van der Waals surface area (Å²) < 4.78 is 5.52. The van der Waals surface area contributed by atoms with Gasteiger partial charge in [-0.1, -0.05) is 38.9 Å². The van der Waals surface area contributed by atoms with Crippen LogP contribution in [0.3, 0.4) is 0 Å². The Hall–Kier alpha value is -0.680. The number of carbonyl (C=O) groups is 1. The highest BCUT2D eigenvalue weighted by Crippen LogP contribution is 2.31.